The van der Waals surface area contributed by atoms with E-state index in [0.717, 1.165) is 24.3 Å². The molecule has 3 aliphatic rings. The zero-order valence-electron chi connectivity index (χ0n) is 18.2. The van der Waals surface area contributed by atoms with Crippen molar-refractivity contribution >= 4 is 29.7 Å². The molecule has 4 rings (SSSR count). The number of carbonyl (C=O) groups excluding carboxylic acids is 3. The number of hydrogen-bond donors (Lipinski definition) is 4. The van der Waals surface area contributed by atoms with Crippen molar-refractivity contribution in [3.8, 4) is 0 Å². The predicted molar refractivity (Wildman–Crippen MR) is 121 cm³/mol. The third kappa shape index (κ3) is 5.43. The van der Waals surface area contributed by atoms with Gasteiger partial charge in [0.1, 0.15) is 6.10 Å². The first-order valence-electron chi connectivity index (χ1n) is 11.3. The minimum Gasteiger partial charge on any atom is -0.441 e. The fourth-order valence-corrected chi connectivity index (χ4v) is 5.77. The molecule has 3 fully saturated rings. The molecule has 3 saturated heterocycles. The second kappa shape index (κ2) is 10.7. The number of benzene rings is 1. The predicted octanol–water partition coefficient (Wildman–Crippen LogP) is 1.34. The molecule has 0 bridgehead atoms. The van der Waals surface area contributed by atoms with Crippen LogP contribution in [0.3, 0.4) is 0 Å². The number of ether oxygens (including phenoxy) is 1. The maximum absolute atomic E-state index is 12.8. The molecule has 5 atom stereocenters. The van der Waals surface area contributed by atoms with E-state index in [0.29, 0.717) is 25.9 Å². The average Bonchev–Trinajstić information content (AvgIpc) is 3.46. The van der Waals surface area contributed by atoms with Crippen molar-refractivity contribution < 1.29 is 19.1 Å². The number of nitrogens with one attached hydrogen (secondary N) is 4. The van der Waals surface area contributed by atoms with E-state index in [1.807, 2.05) is 37.3 Å². The van der Waals surface area contributed by atoms with Crippen molar-refractivity contribution in [1.82, 2.24) is 26.4 Å². The number of imide groups is 1. The smallest absolute Gasteiger partial charge is 0.414 e. The van der Waals surface area contributed by atoms with Gasteiger partial charge in [0, 0.05) is 19.6 Å². The number of alkyl carbamates (subject to hydrolysis) is 1. The Hall–Kier alpha value is -2.14. The van der Waals surface area contributed by atoms with E-state index in [-0.39, 0.29) is 23.4 Å². The first-order valence-corrected chi connectivity index (χ1v) is 12.3. The molecule has 1 aromatic rings. The number of nitrogens with zero attached hydrogens (tertiary/aromatic N) is 1. The van der Waals surface area contributed by atoms with Crippen molar-refractivity contribution in [2.24, 2.45) is 11.8 Å². The molecule has 32 heavy (non-hydrogen) atoms. The molecule has 0 spiro atoms. The van der Waals surface area contributed by atoms with Crippen LogP contribution in [0.15, 0.2) is 30.3 Å². The van der Waals surface area contributed by atoms with Crippen LogP contribution in [0.25, 0.3) is 0 Å². The molecule has 0 aliphatic carbocycles. The Balaban J connectivity index is 1.28. The highest BCUT2D eigenvalue weighted by Crippen LogP contribution is 2.31. The SMILES string of the molecule is CCC(OC(=O)NC(=O)C1CCSC1NC(=O)C1CNC2CCNN2C1)c1ccccc1. The monoisotopic (exact) mass is 461 g/mol. The molecule has 1 aromatic carbocycles. The lowest BCUT2D eigenvalue weighted by Gasteiger charge is -2.35. The van der Waals surface area contributed by atoms with Gasteiger partial charge >= 0.3 is 6.09 Å². The summed E-state index contributed by atoms with van der Waals surface area (Å²) in [6.45, 7) is 4.09. The summed E-state index contributed by atoms with van der Waals surface area (Å²) < 4.78 is 5.48. The van der Waals surface area contributed by atoms with Crippen LogP contribution in [0.5, 0.6) is 0 Å². The summed E-state index contributed by atoms with van der Waals surface area (Å²) >= 11 is 1.54. The number of amides is 3. The molecule has 9 nitrogen and oxygen atoms in total. The van der Waals surface area contributed by atoms with Crippen molar-refractivity contribution in [1.29, 1.82) is 0 Å². The standard InChI is InChI=1S/C22H31N5O4S/c1-2-17(14-6-4-3-5-7-14)31-22(30)26-20(29)16-9-11-32-21(16)25-19(28)15-12-23-18-8-10-24-27(18)13-15/h3-7,15-18,21,23-24H,2,8-13H2,1H3,(H,25,28)(H,26,29,30). The van der Waals surface area contributed by atoms with Crippen LogP contribution in [-0.2, 0) is 14.3 Å². The molecule has 3 aliphatic heterocycles. The summed E-state index contributed by atoms with van der Waals surface area (Å²) in [5.74, 6) is -0.389. The second-order valence-corrected chi connectivity index (χ2v) is 9.62. The summed E-state index contributed by atoms with van der Waals surface area (Å²) in [6, 6.07) is 9.45. The van der Waals surface area contributed by atoms with Crippen molar-refractivity contribution in [2.45, 2.75) is 43.8 Å². The average molecular weight is 462 g/mol. The Labute approximate surface area is 192 Å². The maximum atomic E-state index is 12.8. The number of thioether (sulfide) groups is 1. The van der Waals surface area contributed by atoms with Gasteiger partial charge in [-0.3, -0.25) is 25.6 Å². The van der Waals surface area contributed by atoms with Crippen LogP contribution in [0.1, 0.15) is 37.9 Å². The minimum atomic E-state index is -0.754. The highest BCUT2D eigenvalue weighted by Gasteiger charge is 2.39. The minimum absolute atomic E-state index is 0.0699. The molecule has 5 unspecified atom stereocenters. The van der Waals surface area contributed by atoms with Crippen molar-refractivity contribution in [3.63, 3.8) is 0 Å². The Morgan fingerprint density at radius 3 is 2.81 bits per heavy atom. The van der Waals surface area contributed by atoms with Crippen LogP contribution < -0.4 is 21.4 Å². The number of rotatable bonds is 6. The third-order valence-electron chi connectivity index (χ3n) is 6.23. The molecule has 3 amide bonds. The molecule has 0 aromatic heterocycles. The summed E-state index contributed by atoms with van der Waals surface area (Å²) in [5, 5.41) is 10.5. The van der Waals surface area contributed by atoms with E-state index < -0.39 is 24.0 Å². The van der Waals surface area contributed by atoms with E-state index in [4.69, 9.17) is 4.74 Å². The normalized spacial score (nSPS) is 28.5. The Bertz CT molecular complexity index is 826. The first kappa shape index (κ1) is 23.0. The van der Waals surface area contributed by atoms with Gasteiger partial charge in [0.15, 0.2) is 0 Å². The highest BCUT2D eigenvalue weighted by atomic mass is 32.2. The van der Waals surface area contributed by atoms with Gasteiger partial charge < -0.3 is 10.1 Å². The number of fused-ring (bicyclic) bond motifs is 1. The zero-order chi connectivity index (χ0) is 22.5. The van der Waals surface area contributed by atoms with Gasteiger partial charge in [-0.25, -0.2) is 9.80 Å². The number of hydrazine groups is 1. The fourth-order valence-electron chi connectivity index (χ4n) is 4.44. The quantitative estimate of drug-likeness (QED) is 0.502. The van der Waals surface area contributed by atoms with Gasteiger partial charge in [0.05, 0.1) is 23.4 Å². The van der Waals surface area contributed by atoms with E-state index in [2.05, 4.69) is 26.4 Å². The van der Waals surface area contributed by atoms with Crippen LogP contribution in [-0.4, -0.2) is 59.8 Å². The van der Waals surface area contributed by atoms with E-state index >= 15 is 0 Å². The lowest BCUT2D eigenvalue weighted by molar-refractivity contribution is -0.128. The molecule has 3 heterocycles. The molecule has 0 saturated carbocycles. The van der Waals surface area contributed by atoms with Crippen LogP contribution in [0, 0.1) is 11.8 Å². The topological polar surface area (TPSA) is 112 Å². The summed E-state index contributed by atoms with van der Waals surface area (Å²) in [7, 11) is 0. The van der Waals surface area contributed by atoms with Gasteiger partial charge in [0.2, 0.25) is 11.8 Å². The van der Waals surface area contributed by atoms with Gasteiger partial charge in [-0.15, -0.1) is 11.8 Å². The van der Waals surface area contributed by atoms with Crippen LogP contribution in [0.4, 0.5) is 4.79 Å². The van der Waals surface area contributed by atoms with Crippen LogP contribution >= 0.6 is 11.8 Å². The molecule has 0 radical (unpaired) electrons. The molecular weight excluding hydrogens is 430 g/mol. The number of carbonyl (C=O) groups is 3. The highest BCUT2D eigenvalue weighted by molar-refractivity contribution is 8.00. The largest absolute Gasteiger partial charge is 0.441 e. The first-order chi connectivity index (χ1) is 15.5. The van der Waals surface area contributed by atoms with Crippen molar-refractivity contribution in [2.75, 3.05) is 25.4 Å². The Morgan fingerprint density at radius 1 is 1.22 bits per heavy atom. The van der Waals surface area contributed by atoms with Crippen molar-refractivity contribution in [3.05, 3.63) is 35.9 Å². The maximum Gasteiger partial charge on any atom is 0.414 e. The van der Waals surface area contributed by atoms with Gasteiger partial charge in [-0.2, -0.15) is 0 Å². The molecule has 10 heteroatoms. The summed E-state index contributed by atoms with van der Waals surface area (Å²) in [4.78, 5) is 38.0. The van der Waals surface area contributed by atoms with Crippen LogP contribution in [0.2, 0.25) is 0 Å². The van der Waals surface area contributed by atoms with Gasteiger partial charge in [-0.05, 0) is 30.6 Å². The summed E-state index contributed by atoms with van der Waals surface area (Å²) in [5.41, 5.74) is 4.17. The third-order valence-corrected chi connectivity index (χ3v) is 7.50. The zero-order valence-corrected chi connectivity index (χ0v) is 19.0. The van der Waals surface area contributed by atoms with E-state index in [1.54, 1.807) is 0 Å². The second-order valence-electron chi connectivity index (χ2n) is 8.37. The van der Waals surface area contributed by atoms with E-state index in [1.165, 1.54) is 11.8 Å². The van der Waals surface area contributed by atoms with Gasteiger partial charge in [-0.1, -0.05) is 37.3 Å². The molecular formula is C22H31N5O4S. The molecule has 174 valence electrons. The fraction of sp³-hybridized carbons (Fsp3) is 0.591. The van der Waals surface area contributed by atoms with E-state index in [9.17, 15) is 14.4 Å². The Kier molecular flexibility index (Phi) is 7.67. The lowest BCUT2D eigenvalue weighted by Crippen LogP contribution is -2.59. The lowest BCUT2D eigenvalue weighted by atomic mass is 10.0. The Morgan fingerprint density at radius 2 is 2.03 bits per heavy atom. The van der Waals surface area contributed by atoms with Gasteiger partial charge in [0.25, 0.3) is 0 Å². The molecule has 4 N–H and O–H groups in total. The summed E-state index contributed by atoms with van der Waals surface area (Å²) in [6.07, 6.45) is 1.34. The number of hydrogen-bond acceptors (Lipinski definition) is 8.